The third kappa shape index (κ3) is 4.34. The van der Waals surface area contributed by atoms with Gasteiger partial charge in [0.2, 0.25) is 5.85 Å². The van der Waals surface area contributed by atoms with Crippen molar-refractivity contribution < 1.29 is 33.4 Å². The number of ether oxygens (including phenoxy) is 3. The number of carbonyl (C=O) groups excluding carboxylic acids is 4. The van der Waals surface area contributed by atoms with E-state index >= 15 is 9.59 Å². The molecule has 9 nitrogen and oxygen atoms in total. The van der Waals surface area contributed by atoms with E-state index in [0.29, 0.717) is 22.4 Å². The largest absolute Gasteiger partial charge is 0.466 e. The fraction of sp³-hybridized carbons (Fsp3) is 0.231. The van der Waals surface area contributed by atoms with Crippen LogP contribution in [0, 0.1) is 5.92 Å². The standard InChI is InChI=1S/C39H34N2O7/c1-25-30(35(43)46-2)33(28-20-12-6-13-21-28)41-36(44)38(37(45)47-3)31(27-18-10-5-11-19-27)32(34(42)29-22-14-7-15-23-29)39(41,48-38)40(25)24-26-16-8-4-9-17-26/h4-23,31-33H,24H2,1-3H3/t31-,32+,33-,38+,39+/m0/s1. The molecule has 7 rings (SSSR count). The lowest BCUT2D eigenvalue weighted by Gasteiger charge is -2.56. The van der Waals surface area contributed by atoms with Crippen LogP contribution in [0.5, 0.6) is 0 Å². The highest BCUT2D eigenvalue weighted by Crippen LogP contribution is 2.67. The third-order valence-electron chi connectivity index (χ3n) is 9.77. The molecule has 0 aromatic heterocycles. The molecule has 4 aromatic rings. The highest BCUT2D eigenvalue weighted by Gasteiger charge is 2.84. The average molecular weight is 643 g/mol. The fourth-order valence-corrected chi connectivity index (χ4v) is 7.80. The Hall–Kier alpha value is -5.54. The second kappa shape index (κ2) is 11.9. The quantitative estimate of drug-likeness (QED) is 0.143. The van der Waals surface area contributed by atoms with Crippen LogP contribution in [0.4, 0.5) is 0 Å². The molecule has 9 heteroatoms. The highest BCUT2D eigenvalue weighted by molar-refractivity contribution is 6.14. The van der Waals surface area contributed by atoms with Crippen molar-refractivity contribution in [3.63, 3.8) is 0 Å². The first-order chi connectivity index (χ1) is 23.3. The lowest BCUT2D eigenvalue weighted by atomic mass is 9.66. The molecule has 0 N–H and O–H groups in total. The highest BCUT2D eigenvalue weighted by atomic mass is 16.6. The Morgan fingerprint density at radius 1 is 0.750 bits per heavy atom. The first-order valence-corrected chi connectivity index (χ1v) is 15.7. The van der Waals surface area contributed by atoms with Gasteiger partial charge in [0.25, 0.3) is 11.5 Å². The summed E-state index contributed by atoms with van der Waals surface area (Å²) < 4.78 is 17.8. The molecule has 0 saturated carbocycles. The van der Waals surface area contributed by atoms with Gasteiger partial charge in [0.15, 0.2) is 5.78 Å². The summed E-state index contributed by atoms with van der Waals surface area (Å²) in [5.41, 5.74) is 0.743. The molecule has 4 aromatic carbocycles. The van der Waals surface area contributed by atoms with E-state index < -0.39 is 47.2 Å². The Labute approximate surface area is 278 Å². The van der Waals surface area contributed by atoms with E-state index in [1.54, 1.807) is 84.6 Å². The molecule has 0 aliphatic carbocycles. The van der Waals surface area contributed by atoms with Gasteiger partial charge in [0.05, 0.1) is 31.8 Å². The lowest BCUT2D eigenvalue weighted by molar-refractivity contribution is -0.222. The first kappa shape index (κ1) is 31.1. The van der Waals surface area contributed by atoms with Gasteiger partial charge < -0.3 is 19.1 Å². The number of piperidine rings is 1. The Morgan fingerprint density at radius 2 is 1.29 bits per heavy atom. The van der Waals surface area contributed by atoms with Crippen molar-refractivity contribution in [3.05, 3.63) is 155 Å². The second-order valence-electron chi connectivity index (χ2n) is 12.1. The fourth-order valence-electron chi connectivity index (χ4n) is 7.80. The van der Waals surface area contributed by atoms with Gasteiger partial charge >= 0.3 is 11.9 Å². The van der Waals surface area contributed by atoms with Gasteiger partial charge in [-0.3, -0.25) is 14.5 Å². The number of allylic oxidation sites excluding steroid dienone is 1. The number of nitrogens with zero attached hydrogens (tertiary/aromatic N) is 2. The monoisotopic (exact) mass is 642 g/mol. The zero-order valence-electron chi connectivity index (χ0n) is 26.7. The summed E-state index contributed by atoms with van der Waals surface area (Å²) in [5, 5.41) is 0. The van der Waals surface area contributed by atoms with E-state index in [1.165, 1.54) is 19.1 Å². The predicted octanol–water partition coefficient (Wildman–Crippen LogP) is 5.41. The van der Waals surface area contributed by atoms with Gasteiger partial charge in [0, 0.05) is 17.8 Å². The number of Topliss-reactive ketones (excluding diaryl/α,β-unsaturated/α-hetero) is 1. The maximum absolute atomic E-state index is 15.3. The maximum Gasteiger partial charge on any atom is 0.348 e. The second-order valence-corrected chi connectivity index (χ2v) is 12.1. The SMILES string of the molecule is COC(=O)C1=C(C)N(Cc2ccccc2)[C@@]23O[C@@](C(=O)OC)(C(=O)N2[C@H]1c1ccccc1)[C@@H](c1ccccc1)[C@@H]3C(=O)c1ccccc1. The third-order valence-corrected chi connectivity index (χ3v) is 9.77. The number of hydrogen-bond acceptors (Lipinski definition) is 8. The van der Waals surface area contributed by atoms with Crippen molar-refractivity contribution in [2.45, 2.75) is 36.9 Å². The first-order valence-electron chi connectivity index (χ1n) is 15.7. The van der Waals surface area contributed by atoms with Crippen LogP contribution in [0.3, 0.4) is 0 Å². The van der Waals surface area contributed by atoms with Crippen molar-refractivity contribution in [2.24, 2.45) is 5.92 Å². The van der Waals surface area contributed by atoms with Gasteiger partial charge in [-0.2, -0.15) is 0 Å². The van der Waals surface area contributed by atoms with Crippen LogP contribution in [0.15, 0.2) is 133 Å². The topological polar surface area (TPSA) is 102 Å². The maximum atomic E-state index is 15.3. The van der Waals surface area contributed by atoms with Gasteiger partial charge in [-0.05, 0) is 23.6 Å². The molecule has 48 heavy (non-hydrogen) atoms. The summed E-state index contributed by atoms with van der Waals surface area (Å²) in [6.45, 7) is 1.90. The van der Waals surface area contributed by atoms with Crippen LogP contribution in [0.1, 0.15) is 45.9 Å². The molecule has 0 radical (unpaired) electrons. The number of carbonyl (C=O) groups is 4. The summed E-state index contributed by atoms with van der Waals surface area (Å²) in [4.78, 5) is 61.8. The number of hydrogen-bond donors (Lipinski definition) is 0. The molecular weight excluding hydrogens is 608 g/mol. The predicted molar refractivity (Wildman–Crippen MR) is 175 cm³/mol. The van der Waals surface area contributed by atoms with Crippen LogP contribution in [-0.4, -0.2) is 59.1 Å². The van der Waals surface area contributed by atoms with E-state index in [2.05, 4.69) is 0 Å². The Balaban J connectivity index is 1.61. The van der Waals surface area contributed by atoms with Crippen molar-refractivity contribution in [3.8, 4) is 0 Å². The smallest absolute Gasteiger partial charge is 0.348 e. The van der Waals surface area contributed by atoms with E-state index in [0.717, 1.165) is 5.56 Å². The Kier molecular flexibility index (Phi) is 7.72. The average Bonchev–Trinajstić information content (AvgIpc) is 3.60. The van der Waals surface area contributed by atoms with Crippen LogP contribution in [0.25, 0.3) is 0 Å². The van der Waals surface area contributed by atoms with Crippen molar-refractivity contribution in [2.75, 3.05) is 14.2 Å². The molecule has 2 saturated heterocycles. The van der Waals surface area contributed by atoms with Crippen molar-refractivity contribution in [1.82, 2.24) is 9.80 Å². The summed E-state index contributed by atoms with van der Waals surface area (Å²) in [5.74, 6) is -6.72. The zero-order valence-corrected chi connectivity index (χ0v) is 26.7. The van der Waals surface area contributed by atoms with Gasteiger partial charge in [-0.25, -0.2) is 9.59 Å². The number of amides is 1. The van der Waals surface area contributed by atoms with Gasteiger partial charge in [0.1, 0.15) is 5.92 Å². The molecular formula is C39H34N2O7. The number of esters is 2. The molecule has 3 aliphatic heterocycles. The molecule has 3 heterocycles. The summed E-state index contributed by atoms with van der Waals surface area (Å²) in [6, 6.07) is 35.2. The number of fused-ring (bicyclic) bond motifs is 1. The van der Waals surface area contributed by atoms with Gasteiger partial charge in [-0.15, -0.1) is 0 Å². The van der Waals surface area contributed by atoms with E-state index in [9.17, 15) is 9.59 Å². The van der Waals surface area contributed by atoms with E-state index in [-0.39, 0.29) is 17.9 Å². The van der Waals surface area contributed by atoms with Crippen LogP contribution < -0.4 is 0 Å². The number of rotatable bonds is 8. The lowest BCUT2D eigenvalue weighted by Crippen LogP contribution is -2.70. The van der Waals surface area contributed by atoms with E-state index in [4.69, 9.17) is 14.2 Å². The summed E-state index contributed by atoms with van der Waals surface area (Å²) in [7, 11) is 2.49. The number of ketones is 1. The molecule has 242 valence electrons. The van der Waals surface area contributed by atoms with Crippen molar-refractivity contribution in [1.29, 1.82) is 0 Å². The zero-order chi connectivity index (χ0) is 33.6. The Morgan fingerprint density at radius 3 is 1.85 bits per heavy atom. The molecule has 5 atom stereocenters. The molecule has 3 aliphatic rings. The summed E-state index contributed by atoms with van der Waals surface area (Å²) >= 11 is 0. The summed E-state index contributed by atoms with van der Waals surface area (Å²) in [6.07, 6.45) is 0. The minimum atomic E-state index is -2.26. The molecule has 2 bridgehead atoms. The van der Waals surface area contributed by atoms with Crippen LogP contribution in [0.2, 0.25) is 0 Å². The number of methoxy groups -OCH3 is 2. The molecule has 0 unspecified atom stereocenters. The van der Waals surface area contributed by atoms with Crippen LogP contribution >= 0.6 is 0 Å². The van der Waals surface area contributed by atoms with Crippen molar-refractivity contribution >= 4 is 23.6 Å². The molecule has 2 fully saturated rings. The molecule has 1 spiro atoms. The minimum absolute atomic E-state index is 0.135. The van der Waals surface area contributed by atoms with E-state index in [1.807, 2.05) is 48.5 Å². The Bertz CT molecular complexity index is 1920. The number of benzene rings is 4. The van der Waals surface area contributed by atoms with Crippen LogP contribution in [-0.2, 0) is 35.1 Å². The normalized spacial score (nSPS) is 25.9. The van der Waals surface area contributed by atoms with Gasteiger partial charge in [-0.1, -0.05) is 121 Å². The minimum Gasteiger partial charge on any atom is -0.466 e. The molecule has 1 amide bonds.